The number of hydrogen-bond acceptors (Lipinski definition) is 3. The molecular formula is C15H19BrClN3O. The molecule has 1 atom stereocenters. The van der Waals surface area contributed by atoms with Gasteiger partial charge < -0.3 is 14.6 Å². The van der Waals surface area contributed by atoms with Crippen LogP contribution in [-0.2, 0) is 4.74 Å². The van der Waals surface area contributed by atoms with Gasteiger partial charge in [0.15, 0.2) is 0 Å². The lowest BCUT2D eigenvalue weighted by Gasteiger charge is -2.17. The molecule has 0 saturated carbocycles. The number of nitrogens with one attached hydrogen (secondary N) is 1. The Hall–Kier alpha value is -1.04. The molecule has 0 amide bonds. The van der Waals surface area contributed by atoms with E-state index in [9.17, 15) is 0 Å². The van der Waals surface area contributed by atoms with Crippen molar-refractivity contribution < 1.29 is 4.74 Å². The summed E-state index contributed by atoms with van der Waals surface area (Å²) in [5.74, 6) is 0.776. The smallest absolute Gasteiger partial charge is 0.207 e. The first-order valence-electron chi connectivity index (χ1n) is 6.69. The Morgan fingerprint density at radius 1 is 1.43 bits per heavy atom. The number of hydrogen-bond donors (Lipinski definition) is 1. The van der Waals surface area contributed by atoms with Crippen LogP contribution < -0.4 is 5.32 Å². The van der Waals surface area contributed by atoms with E-state index in [1.807, 2.05) is 32.2 Å². The Kier molecular flexibility index (Phi) is 5.30. The zero-order chi connectivity index (χ0) is 15.6. The lowest BCUT2D eigenvalue weighted by Crippen LogP contribution is -2.13. The Morgan fingerprint density at radius 3 is 2.81 bits per heavy atom. The number of ether oxygens (including phenoxy) is 1. The van der Waals surface area contributed by atoms with Gasteiger partial charge >= 0.3 is 0 Å². The number of rotatable bonds is 5. The maximum atomic E-state index is 6.20. The van der Waals surface area contributed by atoms with Crippen molar-refractivity contribution in [3.05, 3.63) is 39.1 Å². The van der Waals surface area contributed by atoms with Gasteiger partial charge in [-0.1, -0.05) is 11.6 Å². The fourth-order valence-corrected chi connectivity index (χ4v) is 2.85. The highest BCUT2D eigenvalue weighted by Crippen LogP contribution is 2.31. The molecule has 0 aliphatic heterocycles. The van der Waals surface area contributed by atoms with Gasteiger partial charge in [0.25, 0.3) is 0 Å². The van der Waals surface area contributed by atoms with Crippen molar-refractivity contribution in [2.45, 2.75) is 26.8 Å². The number of aryl methyl sites for hydroxylation is 2. The van der Waals surface area contributed by atoms with Gasteiger partial charge in [-0.25, -0.2) is 4.98 Å². The number of aromatic nitrogens is 2. The Labute approximate surface area is 138 Å². The minimum atomic E-state index is 0.193. The third-order valence-electron chi connectivity index (χ3n) is 3.23. The van der Waals surface area contributed by atoms with Crippen LogP contribution in [0.3, 0.4) is 0 Å². The molecule has 0 saturated heterocycles. The molecule has 2 rings (SSSR count). The monoisotopic (exact) mass is 371 g/mol. The summed E-state index contributed by atoms with van der Waals surface area (Å²) in [6.45, 7) is 6.66. The van der Waals surface area contributed by atoms with Gasteiger partial charge in [0.05, 0.1) is 24.0 Å². The van der Waals surface area contributed by atoms with Crippen molar-refractivity contribution in [3.63, 3.8) is 0 Å². The molecule has 6 heteroatoms. The molecular weight excluding hydrogens is 354 g/mol. The average Bonchev–Trinajstić information content (AvgIpc) is 2.77. The standard InChI is InChI=1S/C15H19BrClN3O/c1-9-5-12(16)14(6-13(9)17)19-15-18-10(2)7-20(15)11(3)8-21-4/h5-7,11H,8H2,1-4H3,(H,18,19). The Morgan fingerprint density at radius 2 is 2.14 bits per heavy atom. The third-order valence-corrected chi connectivity index (χ3v) is 4.29. The highest BCUT2D eigenvalue weighted by Gasteiger charge is 2.13. The fourth-order valence-electron chi connectivity index (χ4n) is 2.13. The molecule has 114 valence electrons. The quantitative estimate of drug-likeness (QED) is 0.814. The second-order valence-corrected chi connectivity index (χ2v) is 6.39. The summed E-state index contributed by atoms with van der Waals surface area (Å²) < 4.78 is 8.25. The Balaban J connectivity index is 2.34. The number of halogens is 2. The van der Waals surface area contributed by atoms with Crippen LogP contribution in [0.2, 0.25) is 5.02 Å². The van der Waals surface area contributed by atoms with E-state index < -0.39 is 0 Å². The molecule has 1 aromatic heterocycles. The maximum Gasteiger partial charge on any atom is 0.207 e. The molecule has 4 nitrogen and oxygen atoms in total. The average molecular weight is 373 g/mol. The summed E-state index contributed by atoms with van der Waals surface area (Å²) >= 11 is 9.76. The fraction of sp³-hybridized carbons (Fsp3) is 0.400. The van der Waals surface area contributed by atoms with Crippen molar-refractivity contribution >= 4 is 39.2 Å². The van der Waals surface area contributed by atoms with E-state index in [-0.39, 0.29) is 6.04 Å². The van der Waals surface area contributed by atoms with Crippen molar-refractivity contribution in [2.24, 2.45) is 0 Å². The summed E-state index contributed by atoms with van der Waals surface area (Å²) in [5.41, 5.74) is 2.87. The lowest BCUT2D eigenvalue weighted by atomic mass is 10.2. The van der Waals surface area contributed by atoms with E-state index >= 15 is 0 Å². The minimum absolute atomic E-state index is 0.193. The molecule has 1 aromatic carbocycles. The number of benzene rings is 1. The molecule has 0 aliphatic carbocycles. The molecule has 0 radical (unpaired) electrons. The van der Waals surface area contributed by atoms with E-state index in [4.69, 9.17) is 16.3 Å². The van der Waals surface area contributed by atoms with Gasteiger partial charge in [-0.05, 0) is 54.4 Å². The molecule has 0 spiro atoms. The van der Waals surface area contributed by atoms with E-state index in [2.05, 4.69) is 37.7 Å². The SMILES string of the molecule is COCC(C)n1cc(C)nc1Nc1cc(Cl)c(C)cc1Br. The first-order valence-corrected chi connectivity index (χ1v) is 7.86. The highest BCUT2D eigenvalue weighted by atomic mass is 79.9. The van der Waals surface area contributed by atoms with Crippen LogP contribution in [0.1, 0.15) is 24.2 Å². The Bertz CT molecular complexity index is 642. The molecule has 1 heterocycles. The molecule has 2 aromatic rings. The van der Waals surface area contributed by atoms with E-state index in [0.29, 0.717) is 6.61 Å². The summed E-state index contributed by atoms with van der Waals surface area (Å²) in [6.07, 6.45) is 2.01. The largest absolute Gasteiger partial charge is 0.383 e. The molecule has 1 N–H and O–H groups in total. The summed E-state index contributed by atoms with van der Waals surface area (Å²) in [6, 6.07) is 4.08. The lowest BCUT2D eigenvalue weighted by molar-refractivity contribution is 0.163. The topological polar surface area (TPSA) is 39.1 Å². The molecule has 1 unspecified atom stereocenters. The van der Waals surface area contributed by atoms with Gasteiger partial charge in [-0.3, -0.25) is 0 Å². The van der Waals surface area contributed by atoms with Crippen LogP contribution in [-0.4, -0.2) is 23.3 Å². The molecule has 21 heavy (non-hydrogen) atoms. The first-order chi connectivity index (χ1) is 9.92. The second kappa shape index (κ2) is 6.81. The zero-order valence-electron chi connectivity index (χ0n) is 12.6. The van der Waals surface area contributed by atoms with E-state index in [1.165, 1.54) is 0 Å². The first kappa shape index (κ1) is 16.3. The third kappa shape index (κ3) is 3.78. The summed E-state index contributed by atoms with van der Waals surface area (Å²) in [4.78, 5) is 4.53. The molecule has 0 fully saturated rings. The summed E-state index contributed by atoms with van der Waals surface area (Å²) in [7, 11) is 1.70. The van der Waals surface area contributed by atoms with Crippen LogP contribution >= 0.6 is 27.5 Å². The van der Waals surface area contributed by atoms with Crippen LogP contribution in [0.15, 0.2) is 22.8 Å². The minimum Gasteiger partial charge on any atom is -0.383 e. The van der Waals surface area contributed by atoms with E-state index in [0.717, 1.165) is 32.4 Å². The van der Waals surface area contributed by atoms with Crippen molar-refractivity contribution in [1.29, 1.82) is 0 Å². The zero-order valence-corrected chi connectivity index (χ0v) is 14.9. The highest BCUT2D eigenvalue weighted by molar-refractivity contribution is 9.10. The van der Waals surface area contributed by atoms with Crippen molar-refractivity contribution in [2.75, 3.05) is 19.0 Å². The number of methoxy groups -OCH3 is 1. The van der Waals surface area contributed by atoms with Crippen LogP contribution in [0, 0.1) is 13.8 Å². The number of imidazole rings is 1. The summed E-state index contributed by atoms with van der Waals surface area (Å²) in [5, 5.41) is 4.06. The van der Waals surface area contributed by atoms with Crippen LogP contribution in [0.4, 0.5) is 11.6 Å². The van der Waals surface area contributed by atoms with Crippen LogP contribution in [0.5, 0.6) is 0 Å². The van der Waals surface area contributed by atoms with Gasteiger partial charge in [0.1, 0.15) is 0 Å². The molecule has 0 bridgehead atoms. The van der Waals surface area contributed by atoms with Gasteiger partial charge in [-0.15, -0.1) is 0 Å². The number of nitrogens with zero attached hydrogens (tertiary/aromatic N) is 2. The van der Waals surface area contributed by atoms with Gasteiger partial charge in [0.2, 0.25) is 5.95 Å². The number of anilines is 2. The van der Waals surface area contributed by atoms with Gasteiger partial charge in [0, 0.05) is 22.8 Å². The normalized spacial score (nSPS) is 12.5. The maximum absolute atomic E-state index is 6.20. The molecule has 0 aliphatic rings. The van der Waals surface area contributed by atoms with Crippen molar-refractivity contribution in [1.82, 2.24) is 9.55 Å². The predicted molar refractivity (Wildman–Crippen MR) is 90.7 cm³/mol. The van der Waals surface area contributed by atoms with Crippen LogP contribution in [0.25, 0.3) is 0 Å². The predicted octanol–water partition coefficient (Wildman–Crippen LogP) is 4.87. The van der Waals surface area contributed by atoms with E-state index in [1.54, 1.807) is 7.11 Å². The second-order valence-electron chi connectivity index (χ2n) is 5.12. The van der Waals surface area contributed by atoms with Crippen molar-refractivity contribution in [3.8, 4) is 0 Å². The van der Waals surface area contributed by atoms with Gasteiger partial charge in [-0.2, -0.15) is 0 Å².